The van der Waals surface area contributed by atoms with E-state index in [1.165, 1.54) is 16.2 Å². The Hall–Kier alpha value is -3.97. The van der Waals surface area contributed by atoms with Gasteiger partial charge in [-0.25, -0.2) is 4.98 Å². The highest BCUT2D eigenvalue weighted by Gasteiger charge is 2.48. The minimum Gasteiger partial charge on any atom is -0.507 e. The third kappa shape index (κ3) is 4.05. The standard InChI is InChI=1S/C29H26N2O4S/c1-5-35-20-11-9-19(10-12-20)25-24(26(32)21-14-16(2)6-8-18(21)4)27(33)28(34)31(25)29-30-22-13-7-17(3)15-23(22)36-29/h6-15,25,32H,5H2,1-4H3. The van der Waals surface area contributed by atoms with Crippen LogP contribution < -0.4 is 9.64 Å². The van der Waals surface area contributed by atoms with Gasteiger partial charge in [0.15, 0.2) is 5.13 Å². The Balaban J connectivity index is 1.73. The van der Waals surface area contributed by atoms with Gasteiger partial charge in [-0.15, -0.1) is 0 Å². The zero-order chi connectivity index (χ0) is 25.6. The van der Waals surface area contributed by atoms with E-state index in [1.807, 2.05) is 76.2 Å². The molecule has 1 unspecified atom stereocenters. The molecule has 1 aromatic heterocycles. The summed E-state index contributed by atoms with van der Waals surface area (Å²) in [6.45, 7) is 8.21. The molecular weight excluding hydrogens is 472 g/mol. The molecule has 1 fully saturated rings. The van der Waals surface area contributed by atoms with Crippen molar-refractivity contribution in [1.82, 2.24) is 4.98 Å². The lowest BCUT2D eigenvalue weighted by Crippen LogP contribution is -2.29. The van der Waals surface area contributed by atoms with Gasteiger partial charge in [-0.3, -0.25) is 14.5 Å². The van der Waals surface area contributed by atoms with Crippen LogP contribution in [0.25, 0.3) is 16.0 Å². The Bertz CT molecular complexity index is 1530. The van der Waals surface area contributed by atoms with Crippen LogP contribution in [0.3, 0.4) is 0 Å². The van der Waals surface area contributed by atoms with Crippen LogP contribution in [0.2, 0.25) is 0 Å². The van der Waals surface area contributed by atoms with E-state index >= 15 is 0 Å². The summed E-state index contributed by atoms with van der Waals surface area (Å²) in [6, 6.07) is 18.0. The van der Waals surface area contributed by atoms with E-state index in [2.05, 4.69) is 4.98 Å². The maximum Gasteiger partial charge on any atom is 0.301 e. The van der Waals surface area contributed by atoms with Crippen LogP contribution in [0.15, 0.2) is 66.2 Å². The summed E-state index contributed by atoms with van der Waals surface area (Å²) in [4.78, 5) is 33.0. The van der Waals surface area contributed by atoms with Gasteiger partial charge in [0.1, 0.15) is 11.5 Å². The molecule has 1 N–H and O–H groups in total. The van der Waals surface area contributed by atoms with Gasteiger partial charge in [0.2, 0.25) is 0 Å². The molecule has 182 valence electrons. The molecule has 7 heteroatoms. The Morgan fingerprint density at radius 2 is 1.69 bits per heavy atom. The maximum absolute atomic E-state index is 13.5. The zero-order valence-corrected chi connectivity index (χ0v) is 21.3. The summed E-state index contributed by atoms with van der Waals surface area (Å²) in [7, 11) is 0. The van der Waals surface area contributed by atoms with Gasteiger partial charge in [-0.2, -0.15) is 0 Å². The topological polar surface area (TPSA) is 79.7 Å². The van der Waals surface area contributed by atoms with Gasteiger partial charge in [0, 0.05) is 5.56 Å². The maximum atomic E-state index is 13.5. The van der Waals surface area contributed by atoms with Crippen molar-refractivity contribution < 1.29 is 19.4 Å². The molecule has 36 heavy (non-hydrogen) atoms. The number of fused-ring (bicyclic) bond motifs is 1. The monoisotopic (exact) mass is 498 g/mol. The molecule has 6 nitrogen and oxygen atoms in total. The number of aliphatic hydroxyl groups excluding tert-OH is 1. The number of aliphatic hydroxyl groups is 1. The highest BCUT2D eigenvalue weighted by Crippen LogP contribution is 2.45. The first-order valence-electron chi connectivity index (χ1n) is 11.8. The van der Waals surface area contributed by atoms with Crippen molar-refractivity contribution in [3.05, 3.63) is 94.1 Å². The van der Waals surface area contributed by atoms with Crippen LogP contribution in [0.1, 0.15) is 40.8 Å². The number of benzene rings is 3. The SMILES string of the molecule is CCOc1ccc(C2C(=C(O)c3cc(C)ccc3C)C(=O)C(=O)N2c2nc3ccc(C)cc3s2)cc1. The van der Waals surface area contributed by atoms with E-state index in [0.717, 1.165) is 26.9 Å². The summed E-state index contributed by atoms with van der Waals surface area (Å²) in [5, 5.41) is 11.9. The Labute approximate surface area is 213 Å². The third-order valence-corrected chi connectivity index (χ3v) is 7.36. The molecule has 4 aromatic rings. The number of aromatic nitrogens is 1. The van der Waals surface area contributed by atoms with Crippen molar-refractivity contribution in [3.8, 4) is 5.75 Å². The van der Waals surface area contributed by atoms with Gasteiger partial charge < -0.3 is 9.84 Å². The number of thiazole rings is 1. The highest BCUT2D eigenvalue weighted by atomic mass is 32.1. The molecule has 1 atom stereocenters. The number of hydrogen-bond acceptors (Lipinski definition) is 6. The predicted octanol–water partition coefficient (Wildman–Crippen LogP) is 6.25. The lowest BCUT2D eigenvalue weighted by molar-refractivity contribution is -0.132. The first kappa shape index (κ1) is 23.8. The third-order valence-electron chi connectivity index (χ3n) is 6.34. The van der Waals surface area contributed by atoms with Gasteiger partial charge >= 0.3 is 5.91 Å². The second-order valence-corrected chi connectivity index (χ2v) is 9.97. The molecule has 2 heterocycles. The van der Waals surface area contributed by atoms with E-state index in [0.29, 0.717) is 28.6 Å². The quantitative estimate of drug-likeness (QED) is 0.200. The lowest BCUT2D eigenvalue weighted by Gasteiger charge is -2.23. The Morgan fingerprint density at radius 1 is 1.00 bits per heavy atom. The highest BCUT2D eigenvalue weighted by molar-refractivity contribution is 7.22. The van der Waals surface area contributed by atoms with E-state index in [-0.39, 0.29) is 11.3 Å². The van der Waals surface area contributed by atoms with Crippen LogP contribution in [0.4, 0.5) is 5.13 Å². The van der Waals surface area contributed by atoms with Gasteiger partial charge in [0.25, 0.3) is 5.78 Å². The summed E-state index contributed by atoms with van der Waals surface area (Å²) < 4.78 is 6.50. The number of hydrogen-bond donors (Lipinski definition) is 1. The molecular formula is C29H26N2O4S. The Morgan fingerprint density at radius 3 is 2.42 bits per heavy atom. The van der Waals surface area contributed by atoms with Crippen LogP contribution in [-0.2, 0) is 9.59 Å². The number of carbonyl (C=O) groups excluding carboxylic acids is 2. The van der Waals surface area contributed by atoms with E-state index in [1.54, 1.807) is 12.1 Å². The first-order valence-corrected chi connectivity index (χ1v) is 12.6. The number of ketones is 1. The summed E-state index contributed by atoms with van der Waals surface area (Å²) in [5.74, 6) is -0.949. The number of ether oxygens (including phenoxy) is 1. The van der Waals surface area contributed by atoms with E-state index < -0.39 is 17.7 Å². The minimum absolute atomic E-state index is 0.0493. The molecule has 0 bridgehead atoms. The Kier molecular flexibility index (Phi) is 6.10. The average molecular weight is 499 g/mol. The van der Waals surface area contributed by atoms with Gasteiger partial charge in [0.05, 0.1) is 28.4 Å². The molecule has 0 spiro atoms. The first-order chi connectivity index (χ1) is 17.3. The largest absolute Gasteiger partial charge is 0.507 e. The number of amides is 1. The second-order valence-electron chi connectivity index (χ2n) is 8.96. The fourth-order valence-electron chi connectivity index (χ4n) is 4.52. The molecule has 0 aliphatic carbocycles. The molecule has 0 saturated carbocycles. The van der Waals surface area contributed by atoms with Crippen molar-refractivity contribution in [2.75, 3.05) is 11.5 Å². The normalized spacial score (nSPS) is 17.2. The fraction of sp³-hybridized carbons (Fsp3) is 0.207. The van der Waals surface area contributed by atoms with E-state index in [9.17, 15) is 14.7 Å². The van der Waals surface area contributed by atoms with Crippen molar-refractivity contribution >= 4 is 44.1 Å². The van der Waals surface area contributed by atoms with Crippen molar-refractivity contribution in [3.63, 3.8) is 0 Å². The molecule has 5 rings (SSSR count). The summed E-state index contributed by atoms with van der Waals surface area (Å²) in [5.41, 5.74) is 4.85. The molecule has 1 aliphatic rings. The van der Waals surface area contributed by atoms with E-state index in [4.69, 9.17) is 4.74 Å². The van der Waals surface area contributed by atoms with Gasteiger partial charge in [-0.05, 0) is 74.7 Å². The molecule has 0 radical (unpaired) electrons. The van der Waals surface area contributed by atoms with Crippen molar-refractivity contribution in [2.24, 2.45) is 0 Å². The van der Waals surface area contributed by atoms with Crippen LogP contribution in [-0.4, -0.2) is 28.4 Å². The summed E-state index contributed by atoms with van der Waals surface area (Å²) in [6.07, 6.45) is 0. The molecule has 1 aliphatic heterocycles. The number of nitrogens with zero attached hydrogens (tertiary/aromatic N) is 2. The van der Waals surface area contributed by atoms with Gasteiger partial charge in [-0.1, -0.05) is 47.2 Å². The zero-order valence-electron chi connectivity index (χ0n) is 20.5. The number of carbonyl (C=O) groups is 2. The van der Waals surface area contributed by atoms with Crippen LogP contribution in [0.5, 0.6) is 5.75 Å². The fourth-order valence-corrected chi connectivity index (χ4v) is 5.61. The number of anilines is 1. The van der Waals surface area contributed by atoms with Crippen molar-refractivity contribution in [1.29, 1.82) is 0 Å². The minimum atomic E-state index is -0.831. The predicted molar refractivity (Wildman–Crippen MR) is 143 cm³/mol. The number of rotatable bonds is 5. The van der Waals surface area contributed by atoms with Crippen molar-refractivity contribution in [2.45, 2.75) is 33.7 Å². The molecule has 1 amide bonds. The molecule has 1 saturated heterocycles. The lowest BCUT2D eigenvalue weighted by atomic mass is 9.93. The number of aryl methyl sites for hydroxylation is 3. The number of Topliss-reactive ketones (excluding diaryl/α,β-unsaturated/α-hetero) is 1. The smallest absolute Gasteiger partial charge is 0.301 e. The van der Waals surface area contributed by atoms with Crippen LogP contribution in [0, 0.1) is 20.8 Å². The average Bonchev–Trinajstić information content (AvgIpc) is 3.38. The second kappa shape index (κ2) is 9.24. The summed E-state index contributed by atoms with van der Waals surface area (Å²) >= 11 is 1.35. The van der Waals surface area contributed by atoms with Crippen LogP contribution >= 0.6 is 11.3 Å². The molecule has 3 aromatic carbocycles.